The summed E-state index contributed by atoms with van der Waals surface area (Å²) in [6.45, 7) is 1.86. The Morgan fingerprint density at radius 1 is 1.08 bits per heavy atom. The number of nitrogens with one attached hydrogen (secondary N) is 1. The van der Waals surface area contributed by atoms with Crippen LogP contribution in [0.5, 0.6) is 0 Å². The number of halogens is 3. The Morgan fingerprint density at radius 2 is 1.92 bits per heavy atom. The second kappa shape index (κ2) is 9.44. The summed E-state index contributed by atoms with van der Waals surface area (Å²) in [5, 5.41) is 6.85. The minimum absolute atomic E-state index is 0.0245. The van der Waals surface area contributed by atoms with E-state index in [2.05, 4.69) is 32.2 Å². The lowest BCUT2D eigenvalue weighted by atomic mass is 10.0. The van der Waals surface area contributed by atoms with Gasteiger partial charge in [-0.1, -0.05) is 12.0 Å². The van der Waals surface area contributed by atoms with E-state index in [0.717, 1.165) is 36.2 Å². The van der Waals surface area contributed by atoms with Crippen LogP contribution < -0.4 is 5.32 Å². The molecule has 2 aromatic carbocycles. The second-order valence-electron chi connectivity index (χ2n) is 9.42. The number of carbonyl (C=O) groups excluding carboxylic acids is 1. The molecule has 7 nitrogen and oxygen atoms in total. The highest BCUT2D eigenvalue weighted by atomic mass is 19.4. The first kappa shape index (κ1) is 24.4. The summed E-state index contributed by atoms with van der Waals surface area (Å²) >= 11 is 0. The number of hydrogen-bond donors (Lipinski definition) is 1. The van der Waals surface area contributed by atoms with Gasteiger partial charge in [-0.15, -0.1) is 0 Å². The van der Waals surface area contributed by atoms with Crippen molar-refractivity contribution in [3.05, 3.63) is 107 Å². The molecular formula is C29H21F3N6O. The molecule has 10 heteroatoms. The van der Waals surface area contributed by atoms with E-state index in [1.54, 1.807) is 51.9 Å². The quantitative estimate of drug-likeness (QED) is 0.302. The van der Waals surface area contributed by atoms with Gasteiger partial charge in [0.15, 0.2) is 5.65 Å². The van der Waals surface area contributed by atoms with Crippen LogP contribution in [0.4, 0.5) is 18.9 Å². The number of benzene rings is 2. The average molecular weight is 527 g/mol. The third-order valence-electron chi connectivity index (χ3n) is 6.50. The van der Waals surface area contributed by atoms with Gasteiger partial charge in [-0.3, -0.25) is 4.79 Å². The van der Waals surface area contributed by atoms with Gasteiger partial charge in [-0.25, -0.2) is 14.5 Å². The van der Waals surface area contributed by atoms with E-state index in [9.17, 15) is 18.0 Å². The van der Waals surface area contributed by atoms with Crippen LogP contribution in [0.1, 0.15) is 57.2 Å². The van der Waals surface area contributed by atoms with Crippen LogP contribution in [-0.2, 0) is 6.18 Å². The zero-order valence-corrected chi connectivity index (χ0v) is 20.7. The van der Waals surface area contributed by atoms with Gasteiger partial charge in [-0.05, 0) is 73.7 Å². The molecule has 0 saturated heterocycles. The Labute approximate surface area is 221 Å². The first-order valence-electron chi connectivity index (χ1n) is 12.2. The molecule has 3 aromatic heterocycles. The Morgan fingerprint density at radius 3 is 2.72 bits per heavy atom. The Bertz CT molecular complexity index is 1790. The van der Waals surface area contributed by atoms with Crippen LogP contribution in [0, 0.1) is 18.8 Å². The zero-order chi connectivity index (χ0) is 27.1. The predicted octanol–water partition coefficient (Wildman–Crippen LogP) is 5.77. The summed E-state index contributed by atoms with van der Waals surface area (Å²) in [6, 6.07) is 12.0. The monoisotopic (exact) mass is 526 g/mol. The van der Waals surface area contributed by atoms with Crippen LogP contribution in [0.2, 0.25) is 0 Å². The van der Waals surface area contributed by atoms with Gasteiger partial charge in [0.05, 0.1) is 23.8 Å². The van der Waals surface area contributed by atoms with Gasteiger partial charge in [0, 0.05) is 40.8 Å². The molecule has 1 saturated carbocycles. The summed E-state index contributed by atoms with van der Waals surface area (Å²) in [7, 11) is 0. The maximum absolute atomic E-state index is 13.7. The first-order chi connectivity index (χ1) is 18.7. The van der Waals surface area contributed by atoms with E-state index in [-0.39, 0.29) is 16.9 Å². The largest absolute Gasteiger partial charge is 0.416 e. The normalized spacial score (nSPS) is 13.2. The molecule has 39 heavy (non-hydrogen) atoms. The van der Waals surface area contributed by atoms with Gasteiger partial charge in [0.2, 0.25) is 0 Å². The molecule has 0 aliphatic heterocycles. The summed E-state index contributed by atoms with van der Waals surface area (Å²) in [4.78, 5) is 21.7. The molecular weight excluding hydrogens is 505 g/mol. The number of carbonyl (C=O) groups is 1. The maximum atomic E-state index is 13.7. The number of alkyl halides is 3. The van der Waals surface area contributed by atoms with Crippen molar-refractivity contribution >= 4 is 17.2 Å². The van der Waals surface area contributed by atoms with Gasteiger partial charge < -0.3 is 9.88 Å². The van der Waals surface area contributed by atoms with Crippen molar-refractivity contribution in [3.63, 3.8) is 0 Å². The van der Waals surface area contributed by atoms with E-state index in [0.29, 0.717) is 22.8 Å². The van der Waals surface area contributed by atoms with Crippen molar-refractivity contribution in [2.75, 3.05) is 5.32 Å². The van der Waals surface area contributed by atoms with Crippen molar-refractivity contribution in [2.45, 2.75) is 31.9 Å². The molecule has 0 atom stereocenters. The number of aromatic nitrogens is 5. The van der Waals surface area contributed by atoms with Gasteiger partial charge in [0.1, 0.15) is 5.69 Å². The van der Waals surface area contributed by atoms with Crippen LogP contribution in [-0.4, -0.2) is 30.1 Å². The van der Waals surface area contributed by atoms with Gasteiger partial charge in [0.25, 0.3) is 5.91 Å². The van der Waals surface area contributed by atoms with Crippen molar-refractivity contribution in [1.82, 2.24) is 24.1 Å². The zero-order valence-electron chi connectivity index (χ0n) is 20.7. The Kier molecular flexibility index (Phi) is 5.91. The topological polar surface area (TPSA) is 77.1 Å². The third kappa shape index (κ3) is 5.11. The first-order valence-corrected chi connectivity index (χ1v) is 12.2. The van der Waals surface area contributed by atoms with E-state index < -0.39 is 17.6 Å². The van der Waals surface area contributed by atoms with Crippen LogP contribution in [0.3, 0.4) is 0 Å². The lowest BCUT2D eigenvalue weighted by Gasteiger charge is -2.14. The molecule has 1 amide bonds. The molecule has 194 valence electrons. The Hall–Kier alpha value is -4.91. The number of nitrogens with zero attached hydrogens (tertiary/aromatic N) is 5. The molecule has 5 aromatic rings. The van der Waals surface area contributed by atoms with Crippen LogP contribution in [0.25, 0.3) is 11.3 Å². The minimum atomic E-state index is -4.59. The van der Waals surface area contributed by atoms with E-state index in [4.69, 9.17) is 0 Å². The molecule has 3 heterocycles. The standard InChI is InChI=1S/C29H21F3N6O/c1-18-4-5-21(11-20(18)8-9-24-15-33-27-3-2-10-35-38(24)27)28(39)36-23-12-22(29(30,31)32)13-25(14-23)37-16-26(34-17-37)19-6-7-19/h2-5,10-17,19H,6-7H2,1H3,(H,36,39). The fraction of sp³-hybridized carbons (Fsp3) is 0.172. The summed E-state index contributed by atoms with van der Waals surface area (Å²) in [5.41, 5.74) is 3.22. The molecule has 0 unspecified atom stereocenters. The van der Waals surface area contributed by atoms with Crippen molar-refractivity contribution in [3.8, 4) is 17.5 Å². The third-order valence-corrected chi connectivity index (χ3v) is 6.50. The summed E-state index contributed by atoms with van der Waals surface area (Å²) in [6.07, 6.45) is 3.95. The molecule has 0 radical (unpaired) electrons. The maximum Gasteiger partial charge on any atom is 0.416 e. The van der Waals surface area contributed by atoms with Gasteiger partial charge >= 0.3 is 6.18 Å². The number of rotatable bonds is 4. The number of aryl methyl sites for hydroxylation is 1. The Balaban J connectivity index is 1.29. The summed E-state index contributed by atoms with van der Waals surface area (Å²) in [5.74, 6) is 5.89. The fourth-order valence-corrected chi connectivity index (χ4v) is 4.21. The lowest BCUT2D eigenvalue weighted by molar-refractivity contribution is -0.137. The molecule has 1 aliphatic carbocycles. The predicted molar refractivity (Wildman–Crippen MR) is 139 cm³/mol. The number of amides is 1. The van der Waals surface area contributed by atoms with Crippen LogP contribution in [0.15, 0.2) is 73.4 Å². The second-order valence-corrected chi connectivity index (χ2v) is 9.42. The molecule has 6 rings (SSSR count). The molecule has 1 aliphatic rings. The van der Waals surface area contributed by atoms with Gasteiger partial charge in [-0.2, -0.15) is 18.3 Å². The molecule has 0 spiro atoms. The van der Waals surface area contributed by atoms with Crippen molar-refractivity contribution in [1.29, 1.82) is 0 Å². The minimum Gasteiger partial charge on any atom is -0.322 e. The van der Waals surface area contributed by atoms with Crippen molar-refractivity contribution < 1.29 is 18.0 Å². The molecule has 0 bridgehead atoms. The number of fused-ring (bicyclic) bond motifs is 1. The number of imidazole rings is 2. The fourth-order valence-electron chi connectivity index (χ4n) is 4.21. The van der Waals surface area contributed by atoms with E-state index in [1.807, 2.05) is 13.0 Å². The van der Waals surface area contributed by atoms with Crippen molar-refractivity contribution in [2.24, 2.45) is 0 Å². The lowest BCUT2D eigenvalue weighted by Crippen LogP contribution is -2.14. The average Bonchev–Trinajstić information content (AvgIpc) is 3.49. The molecule has 1 N–H and O–H groups in total. The smallest absolute Gasteiger partial charge is 0.322 e. The van der Waals surface area contributed by atoms with E-state index in [1.165, 1.54) is 12.4 Å². The number of anilines is 1. The SMILES string of the molecule is Cc1ccc(C(=O)Nc2cc(-n3cnc(C4CC4)c3)cc(C(F)(F)F)c2)cc1C#Cc1cnc2cccnn12. The van der Waals surface area contributed by atoms with Crippen LogP contribution >= 0.6 is 0 Å². The number of hydrogen-bond acceptors (Lipinski definition) is 4. The highest BCUT2D eigenvalue weighted by Gasteiger charge is 2.32. The summed E-state index contributed by atoms with van der Waals surface area (Å²) < 4.78 is 44.3. The highest BCUT2D eigenvalue weighted by Crippen LogP contribution is 2.39. The van der Waals surface area contributed by atoms with E-state index >= 15 is 0 Å². The molecule has 1 fully saturated rings. The highest BCUT2D eigenvalue weighted by molar-refractivity contribution is 6.04.